The average Bonchev–Trinajstić information content (AvgIpc) is 2.46. The molecule has 2 heterocycles. The van der Waals surface area contributed by atoms with E-state index in [0.29, 0.717) is 12.0 Å². The van der Waals surface area contributed by atoms with Gasteiger partial charge in [-0.3, -0.25) is 9.78 Å². The summed E-state index contributed by atoms with van der Waals surface area (Å²) in [5.74, 6) is -0.768. The van der Waals surface area contributed by atoms with Crippen molar-refractivity contribution in [1.82, 2.24) is 4.98 Å². The van der Waals surface area contributed by atoms with Crippen LogP contribution in [0.5, 0.6) is 0 Å². The van der Waals surface area contributed by atoms with Gasteiger partial charge in [0.15, 0.2) is 5.78 Å². The van der Waals surface area contributed by atoms with Crippen LogP contribution in [0.4, 0.5) is 10.1 Å². The standard InChI is InChI=1S/C15H13FN2O/c16-11-7-10(8-17-9-11)15(19)13-5-6-18-14-4-2-1-3-12(13)14/h1-4,7-9,13,18H,5-6H2. The molecule has 1 N–H and O–H groups in total. The van der Waals surface area contributed by atoms with Gasteiger partial charge in [-0.15, -0.1) is 0 Å². The third-order valence-electron chi connectivity index (χ3n) is 3.39. The predicted octanol–water partition coefficient (Wildman–Crippen LogP) is 3.00. The largest absolute Gasteiger partial charge is 0.385 e. The number of ketones is 1. The Kier molecular flexibility index (Phi) is 2.99. The Morgan fingerprint density at radius 1 is 1.32 bits per heavy atom. The van der Waals surface area contributed by atoms with E-state index in [0.717, 1.165) is 24.0 Å². The van der Waals surface area contributed by atoms with Gasteiger partial charge in [-0.05, 0) is 24.1 Å². The highest BCUT2D eigenvalue weighted by molar-refractivity contribution is 6.01. The summed E-state index contributed by atoms with van der Waals surface area (Å²) in [6.07, 6.45) is 3.25. The van der Waals surface area contributed by atoms with E-state index in [2.05, 4.69) is 10.3 Å². The molecule has 1 aliphatic heterocycles. The number of rotatable bonds is 2. The smallest absolute Gasteiger partial charge is 0.172 e. The summed E-state index contributed by atoms with van der Waals surface area (Å²) in [5.41, 5.74) is 2.29. The van der Waals surface area contributed by atoms with Crippen LogP contribution in [0.25, 0.3) is 0 Å². The summed E-state index contributed by atoms with van der Waals surface area (Å²) in [7, 11) is 0. The zero-order chi connectivity index (χ0) is 13.2. The zero-order valence-corrected chi connectivity index (χ0v) is 10.3. The van der Waals surface area contributed by atoms with Gasteiger partial charge in [0, 0.05) is 24.0 Å². The molecule has 0 fully saturated rings. The molecule has 0 aliphatic carbocycles. The Morgan fingerprint density at radius 2 is 2.16 bits per heavy atom. The van der Waals surface area contributed by atoms with Gasteiger partial charge in [-0.25, -0.2) is 4.39 Å². The Hall–Kier alpha value is -2.23. The van der Waals surface area contributed by atoms with Crippen LogP contribution in [0.15, 0.2) is 42.7 Å². The van der Waals surface area contributed by atoms with Gasteiger partial charge < -0.3 is 5.32 Å². The molecule has 1 unspecified atom stereocenters. The van der Waals surface area contributed by atoms with Gasteiger partial charge in [0.05, 0.1) is 12.1 Å². The summed E-state index contributed by atoms with van der Waals surface area (Å²) in [6, 6.07) is 8.99. The number of hydrogen-bond donors (Lipinski definition) is 1. The maximum absolute atomic E-state index is 13.2. The minimum absolute atomic E-state index is 0.0686. The molecule has 96 valence electrons. The van der Waals surface area contributed by atoms with Crippen molar-refractivity contribution in [2.75, 3.05) is 11.9 Å². The Morgan fingerprint density at radius 3 is 3.00 bits per heavy atom. The Bertz CT molecular complexity index is 627. The molecule has 19 heavy (non-hydrogen) atoms. The maximum Gasteiger partial charge on any atom is 0.172 e. The molecule has 1 aliphatic rings. The number of benzene rings is 1. The number of para-hydroxylation sites is 1. The molecule has 3 nitrogen and oxygen atoms in total. The minimum Gasteiger partial charge on any atom is -0.385 e. The average molecular weight is 256 g/mol. The molecule has 0 saturated carbocycles. The number of nitrogens with zero attached hydrogens (tertiary/aromatic N) is 1. The SMILES string of the molecule is O=C(c1cncc(F)c1)C1CCNc2ccccc21. The summed E-state index contributed by atoms with van der Waals surface area (Å²) >= 11 is 0. The first kappa shape index (κ1) is 11.8. The number of nitrogens with one attached hydrogen (secondary N) is 1. The Balaban J connectivity index is 1.98. The van der Waals surface area contributed by atoms with Crippen LogP contribution in [-0.2, 0) is 0 Å². The van der Waals surface area contributed by atoms with Crippen molar-refractivity contribution in [2.45, 2.75) is 12.3 Å². The van der Waals surface area contributed by atoms with Crippen molar-refractivity contribution in [3.63, 3.8) is 0 Å². The van der Waals surface area contributed by atoms with Gasteiger partial charge >= 0.3 is 0 Å². The third kappa shape index (κ3) is 2.21. The summed E-state index contributed by atoms with van der Waals surface area (Å²) in [5, 5.41) is 3.27. The van der Waals surface area contributed by atoms with Crippen molar-refractivity contribution in [3.05, 3.63) is 59.7 Å². The number of halogens is 1. The van der Waals surface area contributed by atoms with Gasteiger partial charge in [-0.2, -0.15) is 0 Å². The second kappa shape index (κ2) is 4.80. The van der Waals surface area contributed by atoms with E-state index in [1.807, 2.05) is 24.3 Å². The molecule has 0 saturated heterocycles. The minimum atomic E-state index is -0.479. The van der Waals surface area contributed by atoms with E-state index < -0.39 is 5.82 Å². The van der Waals surface area contributed by atoms with E-state index in [9.17, 15) is 9.18 Å². The number of carbonyl (C=O) groups is 1. The first-order valence-corrected chi connectivity index (χ1v) is 6.23. The molecular formula is C15H13FN2O. The van der Waals surface area contributed by atoms with Crippen LogP contribution in [0.1, 0.15) is 28.3 Å². The van der Waals surface area contributed by atoms with Gasteiger partial charge in [0.1, 0.15) is 5.82 Å². The van der Waals surface area contributed by atoms with E-state index in [4.69, 9.17) is 0 Å². The molecule has 3 rings (SSSR count). The lowest BCUT2D eigenvalue weighted by Crippen LogP contribution is -2.23. The zero-order valence-electron chi connectivity index (χ0n) is 10.3. The van der Waals surface area contributed by atoms with Crippen LogP contribution in [0.2, 0.25) is 0 Å². The van der Waals surface area contributed by atoms with Gasteiger partial charge in [-0.1, -0.05) is 18.2 Å². The van der Waals surface area contributed by atoms with Gasteiger partial charge in [0.25, 0.3) is 0 Å². The van der Waals surface area contributed by atoms with Crippen molar-refractivity contribution in [3.8, 4) is 0 Å². The fourth-order valence-electron chi connectivity index (χ4n) is 2.49. The van der Waals surface area contributed by atoms with Crippen LogP contribution < -0.4 is 5.32 Å². The fraction of sp³-hybridized carbons (Fsp3) is 0.200. The van der Waals surface area contributed by atoms with Crippen LogP contribution in [0, 0.1) is 5.82 Å². The monoisotopic (exact) mass is 256 g/mol. The third-order valence-corrected chi connectivity index (χ3v) is 3.39. The van der Waals surface area contributed by atoms with E-state index >= 15 is 0 Å². The lowest BCUT2D eigenvalue weighted by atomic mass is 9.85. The first-order chi connectivity index (χ1) is 9.25. The van der Waals surface area contributed by atoms with Crippen molar-refractivity contribution in [2.24, 2.45) is 0 Å². The number of anilines is 1. The highest BCUT2D eigenvalue weighted by Crippen LogP contribution is 2.33. The Labute approximate surface area is 110 Å². The number of fused-ring (bicyclic) bond motifs is 1. The second-order valence-electron chi connectivity index (χ2n) is 4.61. The molecule has 2 aromatic rings. The normalized spacial score (nSPS) is 17.4. The molecule has 1 aromatic carbocycles. The highest BCUT2D eigenvalue weighted by atomic mass is 19.1. The van der Waals surface area contributed by atoms with E-state index in [1.165, 1.54) is 12.3 Å². The maximum atomic E-state index is 13.2. The number of pyridine rings is 1. The molecular weight excluding hydrogens is 243 g/mol. The summed E-state index contributed by atoms with van der Waals surface area (Å²) in [6.45, 7) is 0.746. The van der Waals surface area contributed by atoms with Gasteiger partial charge in [0.2, 0.25) is 0 Å². The number of carbonyl (C=O) groups excluding carboxylic acids is 1. The van der Waals surface area contributed by atoms with Crippen molar-refractivity contribution < 1.29 is 9.18 Å². The van der Waals surface area contributed by atoms with Crippen LogP contribution in [-0.4, -0.2) is 17.3 Å². The van der Waals surface area contributed by atoms with Crippen molar-refractivity contribution >= 4 is 11.5 Å². The van der Waals surface area contributed by atoms with E-state index in [-0.39, 0.29) is 11.7 Å². The highest BCUT2D eigenvalue weighted by Gasteiger charge is 2.27. The summed E-state index contributed by atoms with van der Waals surface area (Å²) in [4.78, 5) is 16.2. The molecule has 0 spiro atoms. The number of hydrogen-bond acceptors (Lipinski definition) is 3. The molecule has 1 atom stereocenters. The van der Waals surface area contributed by atoms with Crippen LogP contribution >= 0.6 is 0 Å². The molecule has 0 radical (unpaired) electrons. The number of aromatic nitrogens is 1. The predicted molar refractivity (Wildman–Crippen MR) is 70.8 cm³/mol. The van der Waals surface area contributed by atoms with Crippen LogP contribution in [0.3, 0.4) is 0 Å². The fourth-order valence-corrected chi connectivity index (χ4v) is 2.49. The lowest BCUT2D eigenvalue weighted by molar-refractivity contribution is 0.0954. The van der Waals surface area contributed by atoms with Crippen molar-refractivity contribution in [1.29, 1.82) is 0 Å². The molecule has 1 aromatic heterocycles. The molecule has 0 bridgehead atoms. The molecule has 4 heteroatoms. The first-order valence-electron chi connectivity index (χ1n) is 6.23. The van der Waals surface area contributed by atoms with E-state index in [1.54, 1.807) is 0 Å². The second-order valence-corrected chi connectivity index (χ2v) is 4.61. The lowest BCUT2D eigenvalue weighted by Gasteiger charge is -2.25. The quantitative estimate of drug-likeness (QED) is 0.840. The molecule has 0 amide bonds. The number of Topliss-reactive ketones (excluding diaryl/α,β-unsaturated/α-hetero) is 1. The summed E-state index contributed by atoms with van der Waals surface area (Å²) < 4.78 is 13.2. The topological polar surface area (TPSA) is 42.0 Å².